The summed E-state index contributed by atoms with van der Waals surface area (Å²) < 4.78 is 7.19. The van der Waals surface area contributed by atoms with Gasteiger partial charge in [-0.2, -0.15) is 5.10 Å². The molecule has 0 aliphatic carbocycles. The second-order valence-electron chi connectivity index (χ2n) is 5.11. The number of carbonyl (C=O) groups excluding carboxylic acids is 1. The fourth-order valence-corrected chi connectivity index (χ4v) is 2.15. The zero-order chi connectivity index (χ0) is 17.1. The van der Waals surface area contributed by atoms with Crippen LogP contribution in [0.5, 0.6) is 0 Å². The molecule has 0 N–H and O–H groups in total. The summed E-state index contributed by atoms with van der Waals surface area (Å²) in [6.45, 7) is 0. The van der Waals surface area contributed by atoms with Gasteiger partial charge in [-0.05, 0) is 36.4 Å². The van der Waals surface area contributed by atoms with E-state index in [-0.39, 0.29) is 11.5 Å². The number of furan rings is 1. The van der Waals surface area contributed by atoms with E-state index in [9.17, 15) is 14.9 Å². The quantitative estimate of drug-likeness (QED) is 0.310. The lowest BCUT2D eigenvalue weighted by atomic mass is 10.1. The van der Waals surface area contributed by atoms with Crippen LogP contribution < -0.4 is 0 Å². The Morgan fingerprint density at radius 1 is 1.25 bits per heavy atom. The molecule has 0 amide bonds. The first kappa shape index (κ1) is 15.4. The number of rotatable bonds is 5. The van der Waals surface area contributed by atoms with Crippen molar-refractivity contribution in [1.29, 1.82) is 0 Å². The summed E-state index contributed by atoms with van der Waals surface area (Å²) in [7, 11) is 1.74. The number of nitrogens with zero attached hydrogens (tertiary/aromatic N) is 3. The molecule has 0 saturated carbocycles. The second kappa shape index (κ2) is 6.33. The Kier molecular flexibility index (Phi) is 4.07. The Hall–Kier alpha value is -3.48. The van der Waals surface area contributed by atoms with Crippen molar-refractivity contribution >= 4 is 17.5 Å². The predicted molar refractivity (Wildman–Crippen MR) is 87.4 cm³/mol. The molecule has 2 aromatic heterocycles. The minimum absolute atomic E-state index is 0.0208. The highest BCUT2D eigenvalue weighted by atomic mass is 16.6. The minimum Gasteiger partial charge on any atom is -0.457 e. The van der Waals surface area contributed by atoms with E-state index in [4.69, 9.17) is 4.42 Å². The van der Waals surface area contributed by atoms with Gasteiger partial charge in [0.05, 0.1) is 16.7 Å². The van der Waals surface area contributed by atoms with Gasteiger partial charge in [-0.15, -0.1) is 0 Å². The molecule has 0 aliphatic rings. The van der Waals surface area contributed by atoms with Gasteiger partial charge in [0.25, 0.3) is 5.69 Å². The van der Waals surface area contributed by atoms with Gasteiger partial charge in [0.1, 0.15) is 11.5 Å². The third kappa shape index (κ3) is 3.30. The maximum atomic E-state index is 12.0. The van der Waals surface area contributed by atoms with Crippen LogP contribution in [0.3, 0.4) is 0 Å². The highest BCUT2D eigenvalue weighted by Gasteiger charge is 2.08. The van der Waals surface area contributed by atoms with Gasteiger partial charge in [-0.1, -0.05) is 0 Å². The van der Waals surface area contributed by atoms with E-state index in [0.29, 0.717) is 17.1 Å². The molecular weight excluding hydrogens is 310 g/mol. The van der Waals surface area contributed by atoms with Gasteiger partial charge in [0, 0.05) is 30.9 Å². The van der Waals surface area contributed by atoms with Gasteiger partial charge >= 0.3 is 0 Å². The van der Waals surface area contributed by atoms with Gasteiger partial charge in [0.15, 0.2) is 5.78 Å². The summed E-state index contributed by atoms with van der Waals surface area (Å²) in [6, 6.07) is 9.54. The fourth-order valence-electron chi connectivity index (χ4n) is 2.15. The topological polar surface area (TPSA) is 91.2 Å². The number of nitro benzene ring substituents is 1. The minimum atomic E-state index is -0.454. The first-order valence-corrected chi connectivity index (χ1v) is 7.08. The van der Waals surface area contributed by atoms with Crippen molar-refractivity contribution in [2.24, 2.45) is 7.05 Å². The standard InChI is InChI=1S/C17H13N3O4/c1-19-11-13(10-18-19)16(21)8-6-15-7-9-17(24-15)12-2-4-14(5-3-12)20(22)23/h2-11H,1H3/b8-6+. The molecule has 0 aliphatic heterocycles. The Labute approximate surface area is 137 Å². The maximum absolute atomic E-state index is 12.0. The van der Waals surface area contributed by atoms with E-state index in [0.717, 1.165) is 5.56 Å². The van der Waals surface area contributed by atoms with E-state index in [2.05, 4.69) is 5.10 Å². The van der Waals surface area contributed by atoms with Crippen molar-refractivity contribution in [3.05, 3.63) is 76.3 Å². The summed E-state index contributed by atoms with van der Waals surface area (Å²) >= 11 is 0. The number of carbonyl (C=O) groups is 1. The zero-order valence-corrected chi connectivity index (χ0v) is 12.7. The van der Waals surface area contributed by atoms with Crippen LogP contribution >= 0.6 is 0 Å². The fraction of sp³-hybridized carbons (Fsp3) is 0.0588. The monoisotopic (exact) mass is 323 g/mol. The number of allylic oxidation sites excluding steroid dienone is 1. The molecule has 2 heterocycles. The third-order valence-corrected chi connectivity index (χ3v) is 3.38. The number of nitro groups is 1. The molecule has 0 saturated heterocycles. The van der Waals surface area contributed by atoms with Crippen LogP contribution in [-0.4, -0.2) is 20.5 Å². The molecular formula is C17H13N3O4. The van der Waals surface area contributed by atoms with E-state index in [1.54, 1.807) is 48.3 Å². The number of aryl methyl sites for hydroxylation is 1. The van der Waals surface area contributed by atoms with Crippen molar-refractivity contribution in [1.82, 2.24) is 9.78 Å². The number of benzene rings is 1. The van der Waals surface area contributed by atoms with Crippen LogP contribution in [0.4, 0.5) is 5.69 Å². The summed E-state index contributed by atoms with van der Waals surface area (Å²) in [5, 5.41) is 14.6. The van der Waals surface area contributed by atoms with Crippen molar-refractivity contribution in [2.75, 3.05) is 0 Å². The normalized spacial score (nSPS) is 11.0. The Balaban J connectivity index is 1.74. The molecule has 0 bridgehead atoms. The summed E-state index contributed by atoms with van der Waals surface area (Å²) in [5.41, 5.74) is 1.24. The Morgan fingerprint density at radius 3 is 2.62 bits per heavy atom. The average molecular weight is 323 g/mol. The van der Waals surface area contributed by atoms with E-state index >= 15 is 0 Å². The summed E-state index contributed by atoms with van der Waals surface area (Å²) in [4.78, 5) is 22.2. The first-order chi connectivity index (χ1) is 11.5. The van der Waals surface area contributed by atoms with Crippen molar-refractivity contribution in [3.63, 3.8) is 0 Å². The van der Waals surface area contributed by atoms with Crippen LogP contribution in [0.15, 0.2) is 59.3 Å². The van der Waals surface area contributed by atoms with Crippen LogP contribution in [-0.2, 0) is 7.05 Å². The van der Waals surface area contributed by atoms with Crippen molar-refractivity contribution < 1.29 is 14.1 Å². The molecule has 3 rings (SSSR count). The second-order valence-corrected chi connectivity index (χ2v) is 5.11. The lowest BCUT2D eigenvalue weighted by Gasteiger charge is -1.96. The molecule has 0 atom stereocenters. The first-order valence-electron chi connectivity index (χ1n) is 7.08. The Bertz CT molecular complexity index is 919. The molecule has 0 spiro atoms. The van der Waals surface area contributed by atoms with Crippen LogP contribution in [0.1, 0.15) is 16.1 Å². The summed E-state index contributed by atoms with van der Waals surface area (Å²) in [5.74, 6) is 0.912. The maximum Gasteiger partial charge on any atom is 0.269 e. The number of hydrogen-bond acceptors (Lipinski definition) is 5. The molecule has 120 valence electrons. The number of aromatic nitrogens is 2. The molecule has 7 heteroatoms. The lowest BCUT2D eigenvalue weighted by Crippen LogP contribution is -1.91. The molecule has 3 aromatic rings. The highest BCUT2D eigenvalue weighted by Crippen LogP contribution is 2.25. The lowest BCUT2D eigenvalue weighted by molar-refractivity contribution is -0.384. The molecule has 0 fully saturated rings. The molecule has 0 radical (unpaired) electrons. The third-order valence-electron chi connectivity index (χ3n) is 3.38. The Morgan fingerprint density at radius 2 is 2.00 bits per heavy atom. The van der Waals surface area contributed by atoms with Crippen molar-refractivity contribution in [2.45, 2.75) is 0 Å². The summed E-state index contributed by atoms with van der Waals surface area (Å²) in [6.07, 6.45) is 6.12. The number of non-ortho nitro benzene ring substituents is 1. The van der Waals surface area contributed by atoms with E-state index in [1.165, 1.54) is 24.4 Å². The number of hydrogen-bond donors (Lipinski definition) is 0. The van der Waals surface area contributed by atoms with E-state index in [1.807, 2.05) is 0 Å². The van der Waals surface area contributed by atoms with Gasteiger partial charge in [-0.3, -0.25) is 19.6 Å². The molecule has 1 aromatic carbocycles. The smallest absolute Gasteiger partial charge is 0.269 e. The SMILES string of the molecule is Cn1cc(C(=O)/C=C/c2ccc(-c3ccc([N+](=O)[O-])cc3)o2)cn1. The zero-order valence-electron chi connectivity index (χ0n) is 12.7. The number of ketones is 1. The van der Waals surface area contributed by atoms with Crippen LogP contribution in [0.25, 0.3) is 17.4 Å². The van der Waals surface area contributed by atoms with Gasteiger partial charge < -0.3 is 4.42 Å². The predicted octanol–water partition coefficient (Wildman–Crippen LogP) is 3.48. The van der Waals surface area contributed by atoms with Crippen LogP contribution in [0, 0.1) is 10.1 Å². The van der Waals surface area contributed by atoms with Crippen molar-refractivity contribution in [3.8, 4) is 11.3 Å². The van der Waals surface area contributed by atoms with Gasteiger partial charge in [-0.25, -0.2) is 0 Å². The average Bonchev–Trinajstić information content (AvgIpc) is 3.22. The van der Waals surface area contributed by atoms with Gasteiger partial charge in [0.2, 0.25) is 0 Å². The molecule has 24 heavy (non-hydrogen) atoms. The molecule has 0 unspecified atom stereocenters. The van der Waals surface area contributed by atoms with Crippen LogP contribution in [0.2, 0.25) is 0 Å². The highest BCUT2D eigenvalue weighted by molar-refractivity contribution is 6.06. The molecule has 7 nitrogen and oxygen atoms in total. The van der Waals surface area contributed by atoms with E-state index < -0.39 is 4.92 Å². The largest absolute Gasteiger partial charge is 0.457 e.